The van der Waals surface area contributed by atoms with E-state index >= 15 is 0 Å². The van der Waals surface area contributed by atoms with Gasteiger partial charge in [-0.25, -0.2) is 4.79 Å². The Morgan fingerprint density at radius 1 is 1.83 bits per heavy atom. The van der Waals surface area contributed by atoms with Crippen LogP contribution in [-0.2, 0) is 6.42 Å². The lowest BCUT2D eigenvalue weighted by molar-refractivity contribution is 0.244. The first-order valence-corrected chi connectivity index (χ1v) is 3.26. The summed E-state index contributed by atoms with van der Waals surface area (Å²) in [6.45, 7) is 0. The summed E-state index contributed by atoms with van der Waals surface area (Å²) >= 11 is 0. The van der Waals surface area contributed by atoms with Crippen LogP contribution in [0.3, 0.4) is 0 Å². The van der Waals surface area contributed by atoms with Crippen LogP contribution in [0.25, 0.3) is 0 Å². The SMILES string of the molecule is NC(=O)NC(N)Cc1cnno1. The van der Waals surface area contributed by atoms with Gasteiger partial charge in [0.05, 0.1) is 12.4 Å². The molecule has 0 bridgehead atoms. The molecule has 0 aliphatic heterocycles. The summed E-state index contributed by atoms with van der Waals surface area (Å²) in [5, 5.41) is 8.95. The first kappa shape index (κ1) is 8.47. The van der Waals surface area contributed by atoms with Crippen LogP contribution in [0.4, 0.5) is 4.79 Å². The monoisotopic (exact) mass is 171 g/mol. The quantitative estimate of drug-likeness (QED) is 0.481. The molecular formula is C5H9N5O2. The average molecular weight is 171 g/mol. The van der Waals surface area contributed by atoms with Gasteiger partial charge in [-0.3, -0.25) is 0 Å². The number of nitrogens with two attached hydrogens (primary N) is 2. The highest BCUT2D eigenvalue weighted by atomic mass is 16.5. The molecule has 7 nitrogen and oxygen atoms in total. The molecule has 1 heterocycles. The first-order chi connectivity index (χ1) is 5.68. The number of nitrogens with zero attached hydrogens (tertiary/aromatic N) is 2. The third-order valence-electron chi connectivity index (χ3n) is 1.16. The van der Waals surface area contributed by atoms with Gasteiger partial charge in [-0.05, 0) is 0 Å². The van der Waals surface area contributed by atoms with Crippen LogP contribution in [0.15, 0.2) is 10.7 Å². The van der Waals surface area contributed by atoms with Crippen molar-refractivity contribution in [3.8, 4) is 0 Å². The number of urea groups is 1. The van der Waals surface area contributed by atoms with Crippen molar-refractivity contribution in [3.63, 3.8) is 0 Å². The lowest BCUT2D eigenvalue weighted by Crippen LogP contribution is -2.45. The summed E-state index contributed by atoms with van der Waals surface area (Å²) in [6, 6.07) is -0.671. The van der Waals surface area contributed by atoms with E-state index < -0.39 is 12.2 Å². The Morgan fingerprint density at radius 3 is 3.08 bits per heavy atom. The van der Waals surface area contributed by atoms with Crippen LogP contribution in [-0.4, -0.2) is 22.6 Å². The van der Waals surface area contributed by atoms with Crippen LogP contribution in [0.2, 0.25) is 0 Å². The molecule has 0 fully saturated rings. The Bertz CT molecular complexity index is 246. The maximum atomic E-state index is 10.3. The molecule has 1 unspecified atom stereocenters. The third kappa shape index (κ3) is 2.54. The van der Waals surface area contributed by atoms with E-state index in [9.17, 15) is 4.79 Å². The molecule has 0 aromatic carbocycles. The molecule has 0 aliphatic rings. The minimum Gasteiger partial charge on any atom is -0.352 e. The summed E-state index contributed by atoms with van der Waals surface area (Å²) in [6.07, 6.45) is 1.16. The lowest BCUT2D eigenvalue weighted by atomic mass is 10.3. The van der Waals surface area contributed by atoms with E-state index in [-0.39, 0.29) is 0 Å². The smallest absolute Gasteiger partial charge is 0.313 e. The van der Waals surface area contributed by atoms with Crippen LogP contribution in [0.1, 0.15) is 5.76 Å². The van der Waals surface area contributed by atoms with Crippen molar-refractivity contribution in [1.29, 1.82) is 0 Å². The Morgan fingerprint density at radius 2 is 2.58 bits per heavy atom. The number of carbonyl (C=O) groups is 1. The normalized spacial score (nSPS) is 12.4. The molecule has 5 N–H and O–H groups in total. The highest BCUT2D eigenvalue weighted by Crippen LogP contribution is 1.95. The van der Waals surface area contributed by atoms with Gasteiger partial charge in [0.25, 0.3) is 0 Å². The highest BCUT2D eigenvalue weighted by Gasteiger charge is 2.07. The summed E-state index contributed by atoms with van der Waals surface area (Å²) in [5.41, 5.74) is 10.3. The molecule has 1 aromatic heterocycles. The first-order valence-electron chi connectivity index (χ1n) is 3.26. The molecule has 1 atom stereocenters. The molecule has 2 amide bonds. The summed E-state index contributed by atoms with van der Waals surface area (Å²) in [5.74, 6) is 0.497. The number of nitrogens with one attached hydrogen (secondary N) is 1. The van der Waals surface area contributed by atoms with Crippen molar-refractivity contribution in [2.24, 2.45) is 11.5 Å². The van der Waals surface area contributed by atoms with Crippen LogP contribution < -0.4 is 16.8 Å². The lowest BCUT2D eigenvalue weighted by Gasteiger charge is -2.08. The second-order valence-corrected chi connectivity index (χ2v) is 2.20. The van der Waals surface area contributed by atoms with Crippen molar-refractivity contribution >= 4 is 6.03 Å². The van der Waals surface area contributed by atoms with Crippen LogP contribution >= 0.6 is 0 Å². The van der Waals surface area contributed by atoms with Gasteiger partial charge < -0.3 is 21.3 Å². The van der Waals surface area contributed by atoms with Gasteiger partial charge in [-0.15, -0.1) is 5.10 Å². The molecule has 12 heavy (non-hydrogen) atoms. The second kappa shape index (κ2) is 3.67. The fourth-order valence-electron chi connectivity index (χ4n) is 0.728. The minimum absolute atomic E-state index is 0.315. The molecule has 0 spiro atoms. The van der Waals surface area contributed by atoms with Crippen LogP contribution in [0.5, 0.6) is 0 Å². The summed E-state index contributed by atoms with van der Waals surface area (Å²) < 4.78 is 4.65. The number of rotatable bonds is 3. The number of amides is 2. The van der Waals surface area contributed by atoms with E-state index in [2.05, 4.69) is 20.2 Å². The zero-order valence-corrected chi connectivity index (χ0v) is 6.23. The molecule has 1 aromatic rings. The van der Waals surface area contributed by atoms with E-state index in [0.717, 1.165) is 0 Å². The maximum absolute atomic E-state index is 10.3. The fourth-order valence-corrected chi connectivity index (χ4v) is 0.728. The predicted molar refractivity (Wildman–Crippen MR) is 38.7 cm³/mol. The fraction of sp³-hybridized carbons (Fsp3) is 0.400. The molecule has 0 aliphatic carbocycles. The van der Waals surface area contributed by atoms with Gasteiger partial charge in [0.1, 0.15) is 0 Å². The Balaban J connectivity index is 2.36. The maximum Gasteiger partial charge on any atom is 0.313 e. The predicted octanol–water partition coefficient (Wildman–Crippen LogP) is -1.43. The standard InChI is InChI=1S/C5H9N5O2/c6-4(9-5(7)11)1-3-2-8-10-12-3/h2,4H,1,6H2,(H3,7,9,11). The average Bonchev–Trinajstić information content (AvgIpc) is 2.37. The zero-order chi connectivity index (χ0) is 8.97. The molecular weight excluding hydrogens is 162 g/mol. The van der Waals surface area contributed by atoms with E-state index in [1.807, 2.05) is 0 Å². The summed E-state index contributed by atoms with van der Waals surface area (Å²) in [4.78, 5) is 10.3. The van der Waals surface area contributed by atoms with Crippen molar-refractivity contribution in [2.45, 2.75) is 12.6 Å². The second-order valence-electron chi connectivity index (χ2n) is 2.20. The molecule has 7 heteroatoms. The van der Waals surface area contributed by atoms with Gasteiger partial charge in [0.15, 0.2) is 5.76 Å². The van der Waals surface area contributed by atoms with Crippen LogP contribution in [0, 0.1) is 0 Å². The van der Waals surface area contributed by atoms with E-state index in [4.69, 9.17) is 11.5 Å². The van der Waals surface area contributed by atoms with Crippen molar-refractivity contribution < 1.29 is 9.32 Å². The number of hydrogen-bond acceptors (Lipinski definition) is 5. The molecule has 66 valence electrons. The number of hydrogen-bond donors (Lipinski definition) is 3. The number of primary amides is 1. The molecule has 0 saturated carbocycles. The van der Waals surface area contributed by atoms with E-state index in [1.54, 1.807) is 0 Å². The van der Waals surface area contributed by atoms with Gasteiger partial charge in [-0.1, -0.05) is 0 Å². The highest BCUT2D eigenvalue weighted by molar-refractivity contribution is 5.71. The Hall–Kier alpha value is -1.63. The van der Waals surface area contributed by atoms with Gasteiger partial charge in [0.2, 0.25) is 0 Å². The number of aromatic nitrogens is 2. The van der Waals surface area contributed by atoms with Crippen molar-refractivity contribution in [2.75, 3.05) is 0 Å². The van der Waals surface area contributed by atoms with Crippen molar-refractivity contribution in [3.05, 3.63) is 12.0 Å². The molecule has 1 rings (SSSR count). The van der Waals surface area contributed by atoms with E-state index in [0.29, 0.717) is 12.2 Å². The largest absolute Gasteiger partial charge is 0.352 e. The van der Waals surface area contributed by atoms with Gasteiger partial charge in [0, 0.05) is 11.7 Å². The Kier molecular flexibility index (Phi) is 2.59. The van der Waals surface area contributed by atoms with Crippen molar-refractivity contribution in [1.82, 2.24) is 15.7 Å². The minimum atomic E-state index is -0.671. The van der Waals surface area contributed by atoms with Gasteiger partial charge in [-0.2, -0.15) is 0 Å². The van der Waals surface area contributed by atoms with Gasteiger partial charge >= 0.3 is 6.03 Å². The third-order valence-corrected chi connectivity index (χ3v) is 1.16. The zero-order valence-electron chi connectivity index (χ0n) is 6.23. The summed E-state index contributed by atoms with van der Waals surface area (Å²) in [7, 11) is 0. The number of carbonyl (C=O) groups excluding carboxylic acids is 1. The topological polar surface area (TPSA) is 120 Å². The molecule has 0 radical (unpaired) electrons. The Labute approximate surface area is 68.1 Å². The van der Waals surface area contributed by atoms with E-state index in [1.165, 1.54) is 6.20 Å². The molecule has 0 saturated heterocycles.